The summed E-state index contributed by atoms with van der Waals surface area (Å²) in [5, 5.41) is 9.15. The van der Waals surface area contributed by atoms with Crippen molar-refractivity contribution < 1.29 is 9.21 Å². The zero-order chi connectivity index (χ0) is 17.9. The van der Waals surface area contributed by atoms with Gasteiger partial charge in [0.1, 0.15) is 5.76 Å². The summed E-state index contributed by atoms with van der Waals surface area (Å²) in [4.78, 5) is 15.5. The summed E-state index contributed by atoms with van der Waals surface area (Å²) in [6.07, 6.45) is 9.00. The van der Waals surface area contributed by atoms with Crippen molar-refractivity contribution in [3.63, 3.8) is 0 Å². The van der Waals surface area contributed by atoms with Gasteiger partial charge in [-0.3, -0.25) is 4.79 Å². The summed E-state index contributed by atoms with van der Waals surface area (Å²) >= 11 is 0. The third-order valence-corrected chi connectivity index (χ3v) is 7.58. The molecule has 6 rings (SSSR count). The van der Waals surface area contributed by atoms with Crippen molar-refractivity contribution in [1.29, 1.82) is 5.26 Å². The monoisotopic (exact) mass is 352 g/mol. The van der Waals surface area contributed by atoms with E-state index < -0.39 is 0 Å². The van der Waals surface area contributed by atoms with Gasteiger partial charge in [-0.2, -0.15) is 5.26 Å². The molecule has 1 aromatic rings. The zero-order valence-electron chi connectivity index (χ0n) is 15.6. The molecule has 5 aliphatic rings. The lowest BCUT2D eigenvalue weighted by atomic mass is 9.52. The first-order chi connectivity index (χ1) is 12.6. The topological polar surface area (TPSA) is 57.2 Å². The van der Waals surface area contributed by atoms with Gasteiger partial charge >= 0.3 is 0 Å². The van der Waals surface area contributed by atoms with Crippen molar-refractivity contribution in [3.8, 4) is 6.07 Å². The van der Waals surface area contributed by atoms with Crippen LogP contribution in [-0.2, 0) is 0 Å². The van der Waals surface area contributed by atoms with Crippen LogP contribution in [0.4, 0.5) is 0 Å². The second-order valence-corrected chi connectivity index (χ2v) is 9.53. The van der Waals surface area contributed by atoms with Gasteiger partial charge in [-0.1, -0.05) is 6.92 Å². The summed E-state index contributed by atoms with van der Waals surface area (Å²) in [6.45, 7) is 2.76. The Balaban J connectivity index is 1.43. The number of furan rings is 1. The quantitative estimate of drug-likeness (QED) is 0.770. The Hall–Kier alpha value is -1.76. The predicted molar refractivity (Wildman–Crippen MR) is 97.4 cm³/mol. The van der Waals surface area contributed by atoms with E-state index >= 15 is 0 Å². The lowest BCUT2D eigenvalue weighted by Gasteiger charge is -2.60. The highest BCUT2D eigenvalue weighted by Gasteiger charge is 2.55. The van der Waals surface area contributed by atoms with Crippen LogP contribution in [0.15, 0.2) is 16.5 Å². The van der Waals surface area contributed by atoms with Crippen molar-refractivity contribution in [2.24, 2.45) is 23.7 Å². The molecule has 0 aromatic carbocycles. The number of rotatable bonds is 5. The highest BCUT2D eigenvalue weighted by Crippen LogP contribution is 2.58. The predicted octanol–water partition coefficient (Wildman–Crippen LogP) is 4.73. The second-order valence-electron chi connectivity index (χ2n) is 9.53. The lowest BCUT2D eigenvalue weighted by molar-refractivity contribution is -0.0748. The molecule has 5 aliphatic carbocycles. The smallest absolute Gasteiger partial charge is 0.290 e. The fourth-order valence-electron chi connectivity index (χ4n) is 6.63. The second kappa shape index (κ2) is 5.87. The van der Waals surface area contributed by atoms with Crippen LogP contribution < -0.4 is 0 Å². The van der Waals surface area contributed by atoms with Crippen LogP contribution >= 0.6 is 0 Å². The molecule has 138 valence electrons. The van der Waals surface area contributed by atoms with E-state index in [4.69, 9.17) is 9.68 Å². The molecule has 0 spiro atoms. The molecule has 0 radical (unpaired) electrons. The summed E-state index contributed by atoms with van der Waals surface area (Å²) in [6, 6.07) is 6.10. The van der Waals surface area contributed by atoms with Crippen molar-refractivity contribution >= 4 is 5.91 Å². The Kier molecular flexibility index (Phi) is 3.71. The summed E-state index contributed by atoms with van der Waals surface area (Å²) in [7, 11) is 0. The summed E-state index contributed by atoms with van der Waals surface area (Å²) in [5.41, 5.74) is -0.0253. The van der Waals surface area contributed by atoms with E-state index in [0.29, 0.717) is 30.6 Å². The van der Waals surface area contributed by atoms with Crippen LogP contribution in [-0.4, -0.2) is 22.9 Å². The average Bonchev–Trinajstić information content (AvgIpc) is 3.13. The highest BCUT2D eigenvalue weighted by molar-refractivity contribution is 5.92. The van der Waals surface area contributed by atoms with E-state index in [1.165, 1.54) is 19.3 Å². The van der Waals surface area contributed by atoms with Gasteiger partial charge < -0.3 is 9.32 Å². The fourth-order valence-corrected chi connectivity index (χ4v) is 6.63. The number of hydrogen-bond acceptors (Lipinski definition) is 3. The summed E-state index contributed by atoms with van der Waals surface area (Å²) < 4.78 is 5.99. The van der Waals surface area contributed by atoms with Gasteiger partial charge in [0, 0.05) is 18.0 Å². The van der Waals surface area contributed by atoms with Crippen LogP contribution in [0.2, 0.25) is 0 Å². The molecule has 0 aliphatic heterocycles. The SMILES string of the molecule is CC1CC1c1ccc(C(=O)N(CCC#N)C23CC4CC(CC(C4)C2)C3)o1. The van der Waals surface area contributed by atoms with Gasteiger partial charge in [-0.15, -0.1) is 0 Å². The maximum absolute atomic E-state index is 13.4. The Labute approximate surface area is 155 Å². The molecule has 5 saturated carbocycles. The van der Waals surface area contributed by atoms with Crippen LogP contribution in [0.1, 0.15) is 80.5 Å². The third kappa shape index (κ3) is 2.59. The summed E-state index contributed by atoms with van der Waals surface area (Å²) in [5.74, 6) is 4.95. The van der Waals surface area contributed by atoms with Crippen molar-refractivity contribution in [1.82, 2.24) is 4.90 Å². The highest BCUT2D eigenvalue weighted by atomic mass is 16.4. The molecular weight excluding hydrogens is 324 g/mol. The molecule has 4 bridgehead atoms. The molecule has 5 fully saturated rings. The number of nitriles is 1. The maximum Gasteiger partial charge on any atom is 0.290 e. The minimum absolute atomic E-state index is 0.0155. The van der Waals surface area contributed by atoms with E-state index in [1.54, 1.807) is 0 Å². The van der Waals surface area contributed by atoms with Crippen LogP contribution in [0.5, 0.6) is 0 Å². The van der Waals surface area contributed by atoms with E-state index in [2.05, 4.69) is 17.9 Å². The molecule has 1 aromatic heterocycles. The Bertz CT molecular complexity index is 723. The molecule has 2 atom stereocenters. The van der Waals surface area contributed by atoms with Crippen molar-refractivity contribution in [2.75, 3.05) is 6.54 Å². The first-order valence-corrected chi connectivity index (χ1v) is 10.4. The van der Waals surface area contributed by atoms with E-state index in [-0.39, 0.29) is 11.4 Å². The van der Waals surface area contributed by atoms with Gasteiger partial charge in [0.15, 0.2) is 5.76 Å². The number of hydrogen-bond donors (Lipinski definition) is 0. The zero-order valence-corrected chi connectivity index (χ0v) is 15.6. The van der Waals surface area contributed by atoms with Gasteiger partial charge in [0.05, 0.1) is 12.5 Å². The van der Waals surface area contributed by atoms with E-state index in [0.717, 1.165) is 49.2 Å². The molecule has 0 N–H and O–H groups in total. The Morgan fingerprint density at radius 3 is 2.35 bits per heavy atom. The standard InChI is InChI=1S/C22H28N2O2/c1-14-7-18(14)19-3-4-20(26-19)21(25)24(6-2-5-23)22-11-15-8-16(12-22)10-17(9-15)13-22/h3-4,14-18H,2,6-13H2,1H3. The molecule has 26 heavy (non-hydrogen) atoms. The first-order valence-electron chi connectivity index (χ1n) is 10.4. The first kappa shape index (κ1) is 16.4. The van der Waals surface area contributed by atoms with Crippen LogP contribution in [0.3, 0.4) is 0 Å². The van der Waals surface area contributed by atoms with Crippen molar-refractivity contribution in [2.45, 2.75) is 69.7 Å². The fraction of sp³-hybridized carbons (Fsp3) is 0.727. The average molecular weight is 352 g/mol. The van der Waals surface area contributed by atoms with Crippen LogP contribution in [0.25, 0.3) is 0 Å². The number of nitrogens with zero attached hydrogens (tertiary/aromatic N) is 2. The molecule has 0 saturated heterocycles. The number of amides is 1. The number of carbonyl (C=O) groups excluding carboxylic acids is 1. The van der Waals surface area contributed by atoms with Crippen LogP contribution in [0, 0.1) is 35.0 Å². The molecular formula is C22H28N2O2. The van der Waals surface area contributed by atoms with E-state index in [1.807, 2.05) is 12.1 Å². The lowest BCUT2D eigenvalue weighted by Crippen LogP contribution is -2.61. The van der Waals surface area contributed by atoms with Gasteiger partial charge in [-0.05, 0) is 80.8 Å². The largest absolute Gasteiger partial charge is 0.456 e. The number of carbonyl (C=O) groups is 1. The third-order valence-electron chi connectivity index (χ3n) is 7.58. The minimum Gasteiger partial charge on any atom is -0.456 e. The van der Waals surface area contributed by atoms with Gasteiger partial charge in [0.25, 0.3) is 5.91 Å². The van der Waals surface area contributed by atoms with Gasteiger partial charge in [0.2, 0.25) is 0 Å². The Morgan fingerprint density at radius 1 is 1.19 bits per heavy atom. The molecule has 4 heteroatoms. The maximum atomic E-state index is 13.4. The molecule has 2 unspecified atom stereocenters. The van der Waals surface area contributed by atoms with E-state index in [9.17, 15) is 4.79 Å². The minimum atomic E-state index is -0.0253. The molecule has 1 heterocycles. The van der Waals surface area contributed by atoms with Crippen molar-refractivity contribution in [3.05, 3.63) is 23.7 Å². The van der Waals surface area contributed by atoms with Gasteiger partial charge in [-0.25, -0.2) is 0 Å². The normalized spacial score (nSPS) is 39.6. The Morgan fingerprint density at radius 2 is 1.81 bits per heavy atom. The molecule has 1 amide bonds. The molecule has 4 nitrogen and oxygen atoms in total.